The number of imidazole rings is 1. The van der Waals surface area contributed by atoms with Gasteiger partial charge in [-0.2, -0.15) is 18.3 Å². The first-order chi connectivity index (χ1) is 19.4. The summed E-state index contributed by atoms with van der Waals surface area (Å²) < 4.78 is 68.6. The number of alkyl halides is 5. The lowest BCUT2D eigenvalue weighted by molar-refractivity contribution is -0.144. The SMILES string of the molecule is CCn1nncc1C(=O)N[C@H](c1cn2ncc(C(NC(=O)CCC(F)(F)F)C3CC3)cc2n1)C1CCC(F)(F)CC1. The molecule has 2 aliphatic rings. The number of nitrogens with one attached hydrogen (secondary N) is 2. The van der Waals surface area contributed by atoms with Crippen LogP contribution < -0.4 is 10.6 Å². The molecule has 5 rings (SSSR count). The lowest BCUT2D eigenvalue weighted by atomic mass is 9.81. The highest BCUT2D eigenvalue weighted by Gasteiger charge is 2.40. The summed E-state index contributed by atoms with van der Waals surface area (Å²) in [6.45, 7) is 2.23. The van der Waals surface area contributed by atoms with Gasteiger partial charge >= 0.3 is 6.18 Å². The third kappa shape index (κ3) is 6.99. The lowest BCUT2D eigenvalue weighted by Crippen LogP contribution is -2.38. The Morgan fingerprint density at radius 3 is 2.44 bits per heavy atom. The predicted molar refractivity (Wildman–Crippen MR) is 135 cm³/mol. The molecule has 222 valence electrons. The quantitative estimate of drug-likeness (QED) is 0.339. The molecule has 2 fully saturated rings. The summed E-state index contributed by atoms with van der Waals surface area (Å²) in [6.07, 6.45) is -0.390. The van der Waals surface area contributed by atoms with E-state index >= 15 is 0 Å². The summed E-state index contributed by atoms with van der Waals surface area (Å²) in [5, 5.41) is 17.7. The molecule has 3 aromatic rings. The minimum absolute atomic E-state index is 0.0801. The number of hydrogen-bond acceptors (Lipinski definition) is 6. The second-order valence-electron chi connectivity index (χ2n) is 10.8. The van der Waals surface area contributed by atoms with Gasteiger partial charge in [-0.25, -0.2) is 23.0 Å². The first kappa shape index (κ1) is 28.9. The highest BCUT2D eigenvalue weighted by molar-refractivity contribution is 5.92. The molecule has 2 amide bonds. The van der Waals surface area contributed by atoms with Crippen LogP contribution in [0, 0.1) is 11.8 Å². The first-order valence-corrected chi connectivity index (χ1v) is 13.7. The van der Waals surface area contributed by atoms with E-state index in [4.69, 9.17) is 0 Å². The Bertz CT molecular complexity index is 1390. The average molecular weight is 583 g/mol. The summed E-state index contributed by atoms with van der Waals surface area (Å²) in [4.78, 5) is 30.1. The Labute approximate surface area is 232 Å². The fraction of sp³-hybridized carbons (Fsp3) is 0.615. The summed E-state index contributed by atoms with van der Waals surface area (Å²) >= 11 is 0. The van der Waals surface area contributed by atoms with E-state index in [0.29, 0.717) is 23.4 Å². The summed E-state index contributed by atoms with van der Waals surface area (Å²) in [5.41, 5.74) is 1.67. The van der Waals surface area contributed by atoms with Crippen LogP contribution in [0.5, 0.6) is 0 Å². The molecule has 0 aliphatic heterocycles. The van der Waals surface area contributed by atoms with Gasteiger partial charge in [-0.3, -0.25) is 9.59 Å². The largest absolute Gasteiger partial charge is 0.389 e. The molecule has 0 spiro atoms. The number of hydrogen-bond donors (Lipinski definition) is 2. The zero-order valence-electron chi connectivity index (χ0n) is 22.4. The van der Waals surface area contributed by atoms with Crippen LogP contribution >= 0.6 is 0 Å². The molecule has 3 aromatic heterocycles. The molecule has 15 heteroatoms. The fourth-order valence-electron chi connectivity index (χ4n) is 5.34. The van der Waals surface area contributed by atoms with Crippen molar-refractivity contribution >= 4 is 17.5 Å². The van der Waals surface area contributed by atoms with Crippen LogP contribution in [0.2, 0.25) is 0 Å². The number of aromatic nitrogens is 6. The number of carbonyl (C=O) groups is 2. The van der Waals surface area contributed by atoms with Gasteiger partial charge in [0.1, 0.15) is 5.69 Å². The second kappa shape index (κ2) is 11.3. The van der Waals surface area contributed by atoms with Crippen molar-refractivity contribution in [1.29, 1.82) is 0 Å². The maximum atomic E-state index is 14.0. The molecule has 3 heterocycles. The molecular formula is C26H31F5N8O2. The number of halogens is 5. The van der Waals surface area contributed by atoms with Crippen molar-refractivity contribution < 1.29 is 31.5 Å². The fourth-order valence-corrected chi connectivity index (χ4v) is 5.34. The van der Waals surface area contributed by atoms with Crippen molar-refractivity contribution in [1.82, 2.24) is 40.2 Å². The summed E-state index contributed by atoms with van der Waals surface area (Å²) in [7, 11) is 0. The van der Waals surface area contributed by atoms with E-state index in [2.05, 4.69) is 31.0 Å². The van der Waals surface area contributed by atoms with Gasteiger partial charge in [0.05, 0.1) is 42.8 Å². The Morgan fingerprint density at radius 1 is 1.07 bits per heavy atom. The molecule has 2 aliphatic carbocycles. The number of amides is 2. The monoisotopic (exact) mass is 582 g/mol. The predicted octanol–water partition coefficient (Wildman–Crippen LogP) is 4.55. The van der Waals surface area contributed by atoms with Gasteiger partial charge in [-0.05, 0) is 56.1 Å². The molecule has 2 N–H and O–H groups in total. The van der Waals surface area contributed by atoms with Gasteiger partial charge in [0.2, 0.25) is 11.8 Å². The zero-order valence-corrected chi connectivity index (χ0v) is 22.4. The van der Waals surface area contributed by atoms with Crippen molar-refractivity contribution in [2.75, 3.05) is 0 Å². The van der Waals surface area contributed by atoms with E-state index in [1.165, 1.54) is 21.6 Å². The Balaban J connectivity index is 1.40. The first-order valence-electron chi connectivity index (χ1n) is 13.7. The van der Waals surface area contributed by atoms with Gasteiger partial charge in [0.15, 0.2) is 5.65 Å². The number of rotatable bonds is 10. The third-order valence-corrected chi connectivity index (χ3v) is 7.75. The van der Waals surface area contributed by atoms with Crippen LogP contribution in [0.3, 0.4) is 0 Å². The number of aryl methyl sites for hydroxylation is 1. The standard InChI is InChI=1S/C26H31F5N8O2/c1-2-38-19(13-32-37-38)24(41)36-23(16-5-8-25(27,28)9-6-16)18-14-39-20(34-18)11-17(12-33-39)22(15-3-4-15)35-21(40)7-10-26(29,30)31/h11-16,22-23H,2-10H2,1H3,(H,35,40)(H,36,41)/t22?,23-/m0/s1. The Hall–Kier alpha value is -3.65. The van der Waals surface area contributed by atoms with Crippen LogP contribution in [-0.2, 0) is 11.3 Å². The van der Waals surface area contributed by atoms with Gasteiger partial charge in [-0.15, -0.1) is 5.10 Å². The smallest absolute Gasteiger partial charge is 0.349 e. The molecule has 0 saturated heterocycles. The molecule has 41 heavy (non-hydrogen) atoms. The molecule has 0 aromatic carbocycles. The van der Waals surface area contributed by atoms with Crippen molar-refractivity contribution in [3.8, 4) is 0 Å². The zero-order chi connectivity index (χ0) is 29.4. The van der Waals surface area contributed by atoms with Crippen molar-refractivity contribution in [3.05, 3.63) is 41.6 Å². The minimum Gasteiger partial charge on any atom is -0.349 e. The molecule has 2 saturated carbocycles. The van der Waals surface area contributed by atoms with Crippen LogP contribution in [0.4, 0.5) is 22.0 Å². The Kier molecular flexibility index (Phi) is 7.97. The van der Waals surface area contributed by atoms with E-state index in [0.717, 1.165) is 12.8 Å². The van der Waals surface area contributed by atoms with Gasteiger partial charge < -0.3 is 10.6 Å². The van der Waals surface area contributed by atoms with Crippen LogP contribution in [0.25, 0.3) is 5.65 Å². The van der Waals surface area contributed by atoms with E-state index in [9.17, 15) is 31.5 Å². The van der Waals surface area contributed by atoms with Crippen LogP contribution in [0.15, 0.2) is 24.7 Å². The highest BCUT2D eigenvalue weighted by Crippen LogP contribution is 2.43. The highest BCUT2D eigenvalue weighted by atomic mass is 19.4. The van der Waals surface area contributed by atoms with E-state index < -0.39 is 48.8 Å². The summed E-state index contributed by atoms with van der Waals surface area (Å²) in [6, 6.07) is 0.504. The molecule has 2 atom stereocenters. The maximum Gasteiger partial charge on any atom is 0.389 e. The third-order valence-electron chi connectivity index (χ3n) is 7.75. The average Bonchev–Trinajstić information content (AvgIpc) is 3.48. The van der Waals surface area contributed by atoms with Crippen LogP contribution in [-0.4, -0.2) is 53.5 Å². The van der Waals surface area contributed by atoms with Gasteiger partial charge in [0.25, 0.3) is 5.91 Å². The van der Waals surface area contributed by atoms with E-state index in [-0.39, 0.29) is 43.2 Å². The number of nitrogens with zero attached hydrogens (tertiary/aromatic N) is 6. The molecule has 0 radical (unpaired) electrons. The molecule has 0 bridgehead atoms. The molecular weight excluding hydrogens is 551 g/mol. The topological polar surface area (TPSA) is 119 Å². The van der Waals surface area contributed by atoms with Crippen molar-refractivity contribution in [3.63, 3.8) is 0 Å². The normalized spacial score (nSPS) is 19.2. The second-order valence-corrected chi connectivity index (χ2v) is 10.8. The van der Waals surface area contributed by atoms with Crippen molar-refractivity contribution in [2.45, 2.75) is 89.0 Å². The van der Waals surface area contributed by atoms with Gasteiger partial charge in [-0.1, -0.05) is 5.21 Å². The number of carbonyl (C=O) groups excluding carboxylic acids is 2. The molecule has 10 nitrogen and oxygen atoms in total. The maximum absolute atomic E-state index is 14.0. The van der Waals surface area contributed by atoms with Crippen LogP contribution in [0.1, 0.15) is 92.1 Å². The molecule has 1 unspecified atom stereocenters. The van der Waals surface area contributed by atoms with Crippen molar-refractivity contribution in [2.24, 2.45) is 11.8 Å². The van der Waals surface area contributed by atoms with E-state index in [1.54, 1.807) is 12.3 Å². The van der Waals surface area contributed by atoms with E-state index in [1.807, 2.05) is 6.92 Å². The summed E-state index contributed by atoms with van der Waals surface area (Å²) in [5.74, 6) is -4.13. The lowest BCUT2D eigenvalue weighted by Gasteiger charge is -2.33. The van der Waals surface area contributed by atoms with Gasteiger partial charge in [0, 0.05) is 25.8 Å². The minimum atomic E-state index is -4.42. The Morgan fingerprint density at radius 2 is 1.78 bits per heavy atom. The number of fused-ring (bicyclic) bond motifs is 1.